The fourth-order valence-corrected chi connectivity index (χ4v) is 2.79. The van der Waals surface area contributed by atoms with E-state index >= 15 is 0 Å². The van der Waals surface area contributed by atoms with E-state index in [2.05, 4.69) is 10.2 Å². The van der Waals surface area contributed by atoms with Gasteiger partial charge >= 0.3 is 5.97 Å². The first-order valence-corrected chi connectivity index (χ1v) is 8.74. The van der Waals surface area contributed by atoms with Crippen LogP contribution in [0.3, 0.4) is 0 Å². The SMILES string of the molecule is Cc1cc(OCC(=O)OC(C)c2nnc(-c3cccs3)o2)ccc1Cl. The maximum absolute atomic E-state index is 11.9. The van der Waals surface area contributed by atoms with Gasteiger partial charge in [-0.25, -0.2) is 4.79 Å². The maximum Gasteiger partial charge on any atom is 0.344 e. The minimum Gasteiger partial charge on any atom is -0.482 e. The molecule has 1 atom stereocenters. The summed E-state index contributed by atoms with van der Waals surface area (Å²) < 4.78 is 16.2. The van der Waals surface area contributed by atoms with Crippen LogP contribution in [0.1, 0.15) is 24.5 Å². The average molecular weight is 379 g/mol. The van der Waals surface area contributed by atoms with E-state index in [1.807, 2.05) is 24.4 Å². The molecule has 0 saturated heterocycles. The Morgan fingerprint density at radius 2 is 2.20 bits per heavy atom. The Kier molecular flexibility index (Phi) is 5.35. The van der Waals surface area contributed by atoms with E-state index in [9.17, 15) is 4.79 Å². The summed E-state index contributed by atoms with van der Waals surface area (Å²) in [5, 5.41) is 10.4. The van der Waals surface area contributed by atoms with Crippen LogP contribution in [0.15, 0.2) is 40.1 Å². The second kappa shape index (κ2) is 7.67. The molecule has 0 amide bonds. The number of ether oxygens (including phenoxy) is 2. The molecular weight excluding hydrogens is 364 g/mol. The fraction of sp³-hybridized carbons (Fsp3) is 0.235. The van der Waals surface area contributed by atoms with Crippen molar-refractivity contribution in [1.29, 1.82) is 0 Å². The molecule has 0 spiro atoms. The Balaban J connectivity index is 1.54. The Bertz CT molecular complexity index is 863. The first-order valence-electron chi connectivity index (χ1n) is 7.48. The van der Waals surface area contributed by atoms with Gasteiger partial charge < -0.3 is 13.9 Å². The van der Waals surface area contributed by atoms with Gasteiger partial charge in [-0.1, -0.05) is 17.7 Å². The van der Waals surface area contributed by atoms with Crippen LogP contribution >= 0.6 is 22.9 Å². The minimum absolute atomic E-state index is 0.225. The lowest BCUT2D eigenvalue weighted by Crippen LogP contribution is -2.17. The van der Waals surface area contributed by atoms with Gasteiger partial charge in [0.1, 0.15) is 5.75 Å². The molecule has 0 aliphatic rings. The topological polar surface area (TPSA) is 74.5 Å². The predicted molar refractivity (Wildman–Crippen MR) is 93.8 cm³/mol. The number of aromatic nitrogens is 2. The molecule has 130 valence electrons. The van der Waals surface area contributed by atoms with Gasteiger partial charge in [-0.05, 0) is 49.1 Å². The van der Waals surface area contributed by atoms with Gasteiger partial charge in [0.2, 0.25) is 0 Å². The highest BCUT2D eigenvalue weighted by Gasteiger charge is 2.19. The number of thiophene rings is 1. The van der Waals surface area contributed by atoms with E-state index in [0.717, 1.165) is 10.4 Å². The van der Waals surface area contributed by atoms with Crippen LogP contribution < -0.4 is 4.74 Å². The highest BCUT2D eigenvalue weighted by Crippen LogP contribution is 2.26. The van der Waals surface area contributed by atoms with Crippen molar-refractivity contribution in [2.45, 2.75) is 20.0 Å². The third-order valence-electron chi connectivity index (χ3n) is 3.31. The normalized spacial score (nSPS) is 12.0. The molecule has 25 heavy (non-hydrogen) atoms. The third kappa shape index (κ3) is 4.37. The van der Waals surface area contributed by atoms with E-state index in [0.29, 0.717) is 16.7 Å². The molecule has 2 heterocycles. The molecule has 0 aliphatic heterocycles. The first kappa shape index (κ1) is 17.4. The van der Waals surface area contributed by atoms with Crippen molar-refractivity contribution >= 4 is 28.9 Å². The van der Waals surface area contributed by atoms with Gasteiger partial charge in [0.05, 0.1) is 4.88 Å². The highest BCUT2D eigenvalue weighted by molar-refractivity contribution is 7.13. The zero-order chi connectivity index (χ0) is 17.8. The molecule has 3 aromatic rings. The van der Waals surface area contributed by atoms with Gasteiger partial charge in [0.25, 0.3) is 11.8 Å². The van der Waals surface area contributed by atoms with Crippen molar-refractivity contribution in [3.8, 4) is 16.5 Å². The standard InChI is InChI=1S/C17H15ClN2O4S/c1-10-8-12(5-6-13(10)18)22-9-15(21)23-11(2)16-19-20-17(24-16)14-4-3-7-25-14/h3-8,11H,9H2,1-2H3. The molecule has 8 heteroatoms. The monoisotopic (exact) mass is 378 g/mol. The molecule has 0 aliphatic carbocycles. The van der Waals surface area contributed by atoms with Crippen LogP contribution in [-0.2, 0) is 9.53 Å². The second-order valence-corrected chi connectivity index (χ2v) is 6.61. The van der Waals surface area contributed by atoms with Crippen LogP contribution in [0.4, 0.5) is 0 Å². The summed E-state index contributed by atoms with van der Waals surface area (Å²) in [6.45, 7) is 3.30. The molecule has 6 nitrogen and oxygen atoms in total. The lowest BCUT2D eigenvalue weighted by Gasteiger charge is -2.11. The van der Waals surface area contributed by atoms with Crippen molar-refractivity contribution in [2.75, 3.05) is 6.61 Å². The molecular formula is C17H15ClN2O4S. The van der Waals surface area contributed by atoms with E-state index in [1.165, 1.54) is 11.3 Å². The molecule has 0 bridgehead atoms. The molecule has 1 aromatic carbocycles. The van der Waals surface area contributed by atoms with Crippen LogP contribution in [0, 0.1) is 6.92 Å². The van der Waals surface area contributed by atoms with Gasteiger partial charge in [-0.2, -0.15) is 0 Å². The number of esters is 1. The van der Waals surface area contributed by atoms with E-state index in [4.69, 9.17) is 25.5 Å². The number of rotatable bonds is 6. The number of aryl methyl sites for hydroxylation is 1. The van der Waals surface area contributed by atoms with E-state index < -0.39 is 12.1 Å². The second-order valence-electron chi connectivity index (χ2n) is 5.25. The van der Waals surface area contributed by atoms with Gasteiger partial charge in [-0.3, -0.25) is 0 Å². The lowest BCUT2D eigenvalue weighted by atomic mass is 10.2. The van der Waals surface area contributed by atoms with Crippen LogP contribution in [0.25, 0.3) is 10.8 Å². The minimum atomic E-state index is -0.663. The van der Waals surface area contributed by atoms with Crippen molar-refractivity contribution < 1.29 is 18.7 Å². The molecule has 3 rings (SSSR count). The Hall–Kier alpha value is -2.38. The molecule has 0 N–H and O–H groups in total. The quantitative estimate of drug-likeness (QED) is 0.590. The Labute approximate surface area is 153 Å². The number of hydrogen-bond acceptors (Lipinski definition) is 7. The van der Waals surface area contributed by atoms with Crippen molar-refractivity contribution in [2.24, 2.45) is 0 Å². The smallest absolute Gasteiger partial charge is 0.344 e. The number of nitrogens with zero attached hydrogens (tertiary/aromatic N) is 2. The fourth-order valence-electron chi connectivity index (χ4n) is 2.03. The zero-order valence-electron chi connectivity index (χ0n) is 13.6. The summed E-state index contributed by atoms with van der Waals surface area (Å²) in [5.41, 5.74) is 0.868. The highest BCUT2D eigenvalue weighted by atomic mass is 35.5. The Morgan fingerprint density at radius 1 is 1.36 bits per heavy atom. The first-order chi connectivity index (χ1) is 12.0. The van der Waals surface area contributed by atoms with E-state index in [1.54, 1.807) is 25.1 Å². The average Bonchev–Trinajstić information content (AvgIpc) is 3.27. The van der Waals surface area contributed by atoms with Crippen molar-refractivity contribution in [3.05, 3.63) is 52.2 Å². The van der Waals surface area contributed by atoms with Crippen molar-refractivity contribution in [1.82, 2.24) is 10.2 Å². The van der Waals surface area contributed by atoms with Gasteiger partial charge in [0.15, 0.2) is 12.7 Å². The summed E-state index contributed by atoms with van der Waals surface area (Å²) in [4.78, 5) is 12.8. The summed E-state index contributed by atoms with van der Waals surface area (Å²) in [5.74, 6) is 0.653. The third-order valence-corrected chi connectivity index (χ3v) is 4.60. The zero-order valence-corrected chi connectivity index (χ0v) is 15.1. The maximum atomic E-state index is 11.9. The molecule has 0 saturated carbocycles. The van der Waals surface area contributed by atoms with Crippen LogP contribution in [0.5, 0.6) is 5.75 Å². The number of carbonyl (C=O) groups is 1. The van der Waals surface area contributed by atoms with Crippen molar-refractivity contribution in [3.63, 3.8) is 0 Å². The Morgan fingerprint density at radius 3 is 2.92 bits per heavy atom. The summed E-state index contributed by atoms with van der Waals surface area (Å²) in [6, 6.07) is 8.93. The lowest BCUT2D eigenvalue weighted by molar-refractivity contribution is -0.152. The van der Waals surface area contributed by atoms with Gasteiger partial charge in [-0.15, -0.1) is 21.5 Å². The number of benzene rings is 1. The largest absolute Gasteiger partial charge is 0.482 e. The van der Waals surface area contributed by atoms with Crippen LogP contribution in [-0.4, -0.2) is 22.8 Å². The van der Waals surface area contributed by atoms with Gasteiger partial charge in [0, 0.05) is 5.02 Å². The number of halogens is 1. The molecule has 0 fully saturated rings. The van der Waals surface area contributed by atoms with E-state index in [-0.39, 0.29) is 12.5 Å². The predicted octanol–water partition coefficient (Wildman–Crippen LogP) is 4.44. The molecule has 2 aromatic heterocycles. The number of carbonyl (C=O) groups excluding carboxylic acids is 1. The summed E-state index contributed by atoms with van der Waals surface area (Å²) in [6.07, 6.45) is -0.663. The van der Waals surface area contributed by atoms with Crippen LogP contribution in [0.2, 0.25) is 5.02 Å². The molecule has 0 radical (unpaired) electrons. The summed E-state index contributed by atoms with van der Waals surface area (Å²) >= 11 is 7.44. The molecule has 1 unspecified atom stereocenters. The number of hydrogen-bond donors (Lipinski definition) is 0. The summed E-state index contributed by atoms with van der Waals surface area (Å²) in [7, 11) is 0.